The van der Waals surface area contributed by atoms with E-state index in [1.54, 1.807) is 16.9 Å². The molecule has 0 aliphatic heterocycles. The van der Waals surface area contributed by atoms with Gasteiger partial charge in [-0.1, -0.05) is 39.1 Å². The van der Waals surface area contributed by atoms with Crippen LogP contribution in [0.4, 0.5) is 0 Å². The second-order valence-electron chi connectivity index (χ2n) is 3.72. The van der Waals surface area contributed by atoms with E-state index in [0.29, 0.717) is 21.1 Å². The summed E-state index contributed by atoms with van der Waals surface area (Å²) in [4.78, 5) is 1.56. The first-order valence-electron chi connectivity index (χ1n) is 5.11. The molecule has 0 saturated carbocycles. The molecule has 3 rings (SSSR count). The van der Waals surface area contributed by atoms with Crippen LogP contribution in [0.5, 0.6) is 0 Å². The van der Waals surface area contributed by atoms with Crippen LogP contribution >= 0.6 is 39.1 Å². The van der Waals surface area contributed by atoms with Gasteiger partial charge in [-0.15, -0.1) is 10.2 Å². The summed E-state index contributed by atoms with van der Waals surface area (Å²) >= 11 is 15.3. The molecule has 90 valence electrons. The number of benzene rings is 2. The average molecular weight is 343 g/mol. The molecule has 0 atom stereocenters. The standard InChI is InChI=1S/C12H6BrCl2N3/c13-7-1-3-8(4-2-7)18-16-11-5-9(14)10(15)6-12(11)17-18/h1-6H. The third-order valence-corrected chi connectivity index (χ3v) is 3.73. The highest BCUT2D eigenvalue weighted by Gasteiger charge is 2.08. The molecule has 0 unspecified atom stereocenters. The Hall–Kier alpha value is -1.10. The zero-order valence-electron chi connectivity index (χ0n) is 8.94. The molecular weight excluding hydrogens is 337 g/mol. The van der Waals surface area contributed by atoms with Gasteiger partial charge in [0.2, 0.25) is 0 Å². The lowest BCUT2D eigenvalue weighted by atomic mass is 10.3. The summed E-state index contributed by atoms with van der Waals surface area (Å²) in [7, 11) is 0. The molecule has 2 aromatic carbocycles. The number of halogens is 3. The Morgan fingerprint density at radius 1 is 0.889 bits per heavy atom. The topological polar surface area (TPSA) is 30.7 Å². The fraction of sp³-hybridized carbons (Fsp3) is 0. The highest BCUT2D eigenvalue weighted by atomic mass is 79.9. The predicted molar refractivity (Wildman–Crippen MR) is 76.6 cm³/mol. The normalized spacial score (nSPS) is 11.1. The van der Waals surface area contributed by atoms with E-state index in [4.69, 9.17) is 23.2 Å². The van der Waals surface area contributed by atoms with Gasteiger partial charge in [-0.3, -0.25) is 0 Å². The van der Waals surface area contributed by atoms with Crippen molar-refractivity contribution in [3.05, 3.63) is 50.9 Å². The Morgan fingerprint density at radius 2 is 1.39 bits per heavy atom. The second kappa shape index (κ2) is 4.53. The van der Waals surface area contributed by atoms with Gasteiger partial charge < -0.3 is 0 Å². The van der Waals surface area contributed by atoms with Gasteiger partial charge >= 0.3 is 0 Å². The van der Waals surface area contributed by atoms with Crippen molar-refractivity contribution in [2.75, 3.05) is 0 Å². The van der Waals surface area contributed by atoms with Gasteiger partial charge in [0.15, 0.2) is 0 Å². The number of hydrogen-bond acceptors (Lipinski definition) is 2. The van der Waals surface area contributed by atoms with Crippen molar-refractivity contribution in [2.24, 2.45) is 0 Å². The van der Waals surface area contributed by atoms with Crippen LogP contribution in [0.25, 0.3) is 16.7 Å². The highest BCUT2D eigenvalue weighted by molar-refractivity contribution is 9.10. The van der Waals surface area contributed by atoms with Crippen molar-refractivity contribution >= 4 is 50.2 Å². The number of aromatic nitrogens is 3. The largest absolute Gasteiger partial charge is 0.150 e. The molecule has 0 saturated heterocycles. The maximum absolute atomic E-state index is 5.95. The zero-order valence-corrected chi connectivity index (χ0v) is 12.0. The molecule has 0 bridgehead atoms. The summed E-state index contributed by atoms with van der Waals surface area (Å²) in [6.07, 6.45) is 0. The van der Waals surface area contributed by atoms with Crippen LogP contribution in [0.2, 0.25) is 10.0 Å². The lowest BCUT2D eigenvalue weighted by molar-refractivity contribution is 0.765. The van der Waals surface area contributed by atoms with Gasteiger partial charge in [0.1, 0.15) is 11.0 Å². The first-order valence-corrected chi connectivity index (χ1v) is 6.66. The molecule has 6 heteroatoms. The fourth-order valence-electron chi connectivity index (χ4n) is 1.60. The van der Waals surface area contributed by atoms with Crippen molar-refractivity contribution in [1.29, 1.82) is 0 Å². The van der Waals surface area contributed by atoms with E-state index in [9.17, 15) is 0 Å². The average Bonchev–Trinajstić information content (AvgIpc) is 2.73. The molecule has 0 fully saturated rings. The minimum Gasteiger partial charge on any atom is -0.150 e. The van der Waals surface area contributed by atoms with Gasteiger partial charge in [0.25, 0.3) is 0 Å². The molecule has 0 aliphatic rings. The van der Waals surface area contributed by atoms with E-state index < -0.39 is 0 Å². The Balaban J connectivity index is 2.16. The summed E-state index contributed by atoms with van der Waals surface area (Å²) in [6.45, 7) is 0. The lowest BCUT2D eigenvalue weighted by Gasteiger charge is -1.97. The Morgan fingerprint density at radius 3 is 1.89 bits per heavy atom. The summed E-state index contributed by atoms with van der Waals surface area (Å²) < 4.78 is 1.01. The first kappa shape index (κ1) is 12.0. The third-order valence-electron chi connectivity index (χ3n) is 2.48. The quantitative estimate of drug-likeness (QED) is 0.652. The van der Waals surface area contributed by atoms with E-state index in [-0.39, 0.29) is 0 Å². The van der Waals surface area contributed by atoms with Crippen LogP contribution < -0.4 is 0 Å². The van der Waals surface area contributed by atoms with Crippen molar-refractivity contribution in [2.45, 2.75) is 0 Å². The van der Waals surface area contributed by atoms with Gasteiger partial charge in [-0.2, -0.15) is 4.80 Å². The molecule has 1 aromatic heterocycles. The SMILES string of the molecule is Clc1cc2nn(-c3ccc(Br)cc3)nc2cc1Cl. The summed E-state index contributed by atoms with van der Waals surface area (Å²) in [5, 5.41) is 9.68. The van der Waals surface area contributed by atoms with E-state index in [0.717, 1.165) is 10.2 Å². The van der Waals surface area contributed by atoms with Gasteiger partial charge in [0.05, 0.1) is 15.7 Å². The van der Waals surface area contributed by atoms with Crippen molar-refractivity contribution in [3.63, 3.8) is 0 Å². The van der Waals surface area contributed by atoms with Crippen LogP contribution in [-0.4, -0.2) is 15.0 Å². The monoisotopic (exact) mass is 341 g/mol. The van der Waals surface area contributed by atoms with Crippen LogP contribution in [0, 0.1) is 0 Å². The molecular formula is C12H6BrCl2N3. The Bertz CT molecular complexity index is 683. The van der Waals surface area contributed by atoms with Crippen LogP contribution in [0.15, 0.2) is 40.9 Å². The number of rotatable bonds is 1. The van der Waals surface area contributed by atoms with Gasteiger partial charge in [0, 0.05) is 4.47 Å². The minimum atomic E-state index is 0.479. The second-order valence-corrected chi connectivity index (χ2v) is 5.45. The molecule has 0 amide bonds. The van der Waals surface area contributed by atoms with E-state index in [1.165, 1.54) is 0 Å². The fourth-order valence-corrected chi connectivity index (χ4v) is 2.18. The van der Waals surface area contributed by atoms with Crippen LogP contribution in [-0.2, 0) is 0 Å². The molecule has 3 nitrogen and oxygen atoms in total. The summed E-state index contributed by atoms with van der Waals surface area (Å²) in [5.74, 6) is 0. The molecule has 0 N–H and O–H groups in total. The maximum Gasteiger partial charge on any atom is 0.115 e. The maximum atomic E-state index is 5.95. The molecule has 0 aliphatic carbocycles. The Kier molecular flexibility index (Phi) is 3.01. The minimum absolute atomic E-state index is 0.479. The molecule has 0 spiro atoms. The highest BCUT2D eigenvalue weighted by Crippen LogP contribution is 2.26. The van der Waals surface area contributed by atoms with E-state index in [2.05, 4.69) is 26.1 Å². The third kappa shape index (κ3) is 2.11. The first-order chi connectivity index (χ1) is 8.63. The number of nitrogens with zero attached hydrogens (tertiary/aromatic N) is 3. The lowest BCUT2D eigenvalue weighted by Crippen LogP contribution is -1.97. The molecule has 3 aromatic rings. The van der Waals surface area contributed by atoms with Crippen molar-refractivity contribution in [1.82, 2.24) is 15.0 Å². The summed E-state index contributed by atoms with van der Waals surface area (Å²) in [6, 6.07) is 11.1. The van der Waals surface area contributed by atoms with Crippen molar-refractivity contribution in [3.8, 4) is 5.69 Å². The molecule has 18 heavy (non-hydrogen) atoms. The van der Waals surface area contributed by atoms with Crippen LogP contribution in [0.1, 0.15) is 0 Å². The smallest absolute Gasteiger partial charge is 0.115 e. The van der Waals surface area contributed by atoms with E-state index in [1.807, 2.05) is 24.3 Å². The van der Waals surface area contributed by atoms with Gasteiger partial charge in [-0.05, 0) is 36.4 Å². The number of fused-ring (bicyclic) bond motifs is 1. The number of hydrogen-bond donors (Lipinski definition) is 0. The molecule has 0 radical (unpaired) electrons. The van der Waals surface area contributed by atoms with Crippen LogP contribution in [0.3, 0.4) is 0 Å². The van der Waals surface area contributed by atoms with Gasteiger partial charge in [-0.25, -0.2) is 0 Å². The summed E-state index contributed by atoms with van der Waals surface area (Å²) in [5.41, 5.74) is 2.31. The predicted octanol–water partition coefficient (Wildman–Crippen LogP) is 4.49. The van der Waals surface area contributed by atoms with Crippen molar-refractivity contribution < 1.29 is 0 Å². The zero-order chi connectivity index (χ0) is 12.7. The molecule has 1 heterocycles. The van der Waals surface area contributed by atoms with E-state index >= 15 is 0 Å². The Labute approximate surface area is 121 Å².